The van der Waals surface area contributed by atoms with Crippen molar-refractivity contribution in [2.75, 3.05) is 9.80 Å². The zero-order valence-electron chi connectivity index (χ0n) is 47.0. The Morgan fingerprint density at radius 2 is 1.12 bits per heavy atom. The summed E-state index contributed by atoms with van der Waals surface area (Å²) >= 11 is 0. The average molecular weight is 1160 g/mol. The Labute approximate surface area is 458 Å². The second-order valence-corrected chi connectivity index (χ2v) is 25.0. The number of pyridine rings is 1. The van der Waals surface area contributed by atoms with Gasteiger partial charge in [0.05, 0.1) is 0 Å². The van der Waals surface area contributed by atoms with Crippen LogP contribution >= 0.6 is 0 Å². The molecule has 1 aliphatic rings. The maximum absolute atomic E-state index is 7.18. The molecule has 0 saturated carbocycles. The standard InChI is InChI=1S/C68H77N4O.Pt/c1-43(2)47-31-57(44(3)4)63(58(32-47)45(5)6)46-27-28-69-62(33-46)72-60-26-22-21-25-56(60)64-59(68(16,17)48-23-19-18-20-24-48)40-55(41-61(64)72)73-54-38-51(67(13,14)15)37-53(39-54)71-30-29-70(42-71)52-35-49(65(7,8)9)34-50(36-52)66(10,11)12;/h18-38,40,42-45H,1-17H3;/q-3;. The van der Waals surface area contributed by atoms with Gasteiger partial charge in [-0.25, -0.2) is 4.98 Å². The molecule has 0 N–H and O–H groups in total. The predicted octanol–water partition coefficient (Wildman–Crippen LogP) is 18.7. The molecule has 9 rings (SSSR count). The van der Waals surface area contributed by atoms with Crippen LogP contribution in [0.1, 0.15) is 180 Å². The molecule has 0 bridgehead atoms. The number of aromatic nitrogens is 2. The van der Waals surface area contributed by atoms with Gasteiger partial charge in [-0.05, 0) is 132 Å². The molecule has 0 unspecified atom stereocenters. The van der Waals surface area contributed by atoms with Gasteiger partial charge in [0.1, 0.15) is 5.82 Å². The first kappa shape index (κ1) is 54.4. The number of hydrogen-bond acceptors (Lipinski definition) is 4. The van der Waals surface area contributed by atoms with E-state index in [1.807, 2.05) is 6.20 Å². The smallest absolute Gasteiger partial charge is 0.136 e. The first-order valence-electron chi connectivity index (χ1n) is 26.5. The molecule has 1 aliphatic heterocycles. The Kier molecular flexibility index (Phi) is 14.9. The average Bonchev–Trinajstić information content (AvgIpc) is 3.96. The third kappa shape index (κ3) is 10.7. The zero-order valence-corrected chi connectivity index (χ0v) is 49.3. The number of para-hydroxylation sites is 1. The SMILES string of the molecule is CC(C)c1cc(C(C)C)c(-c2ccnc(-n3c4[c-]c(Oc5[c-]c(N6C=CN(c7cc(C(C)(C)C)cc(C(C)(C)C)c7)[CH-]6)cc(C(C)(C)C)c5)cc(C(C)(C)c5ccccc5)c4c4ccccc43)c2)c(C(C)C)c1.[Pt]. The summed E-state index contributed by atoms with van der Waals surface area (Å²) in [5.41, 5.74) is 16.1. The van der Waals surface area contributed by atoms with Crippen molar-refractivity contribution < 1.29 is 25.8 Å². The number of nitrogens with zero attached hydrogens (tertiary/aromatic N) is 4. The molecular formula is C68H77N4OPt-3. The van der Waals surface area contributed by atoms with Crippen LogP contribution in [0.5, 0.6) is 11.5 Å². The Morgan fingerprint density at radius 3 is 1.72 bits per heavy atom. The third-order valence-electron chi connectivity index (χ3n) is 15.0. The van der Waals surface area contributed by atoms with E-state index in [-0.39, 0.29) is 37.3 Å². The van der Waals surface area contributed by atoms with Crippen LogP contribution in [0, 0.1) is 18.8 Å². The minimum absolute atomic E-state index is 0. The van der Waals surface area contributed by atoms with E-state index in [2.05, 4.69) is 279 Å². The quantitative estimate of drug-likeness (QED) is 0.121. The van der Waals surface area contributed by atoms with Crippen LogP contribution in [-0.4, -0.2) is 9.55 Å². The van der Waals surface area contributed by atoms with Crippen molar-refractivity contribution in [3.05, 3.63) is 197 Å². The van der Waals surface area contributed by atoms with E-state index in [4.69, 9.17) is 9.72 Å². The summed E-state index contributed by atoms with van der Waals surface area (Å²) in [7, 11) is 0. The summed E-state index contributed by atoms with van der Waals surface area (Å²) in [5.74, 6) is 3.19. The van der Waals surface area contributed by atoms with Crippen LogP contribution in [-0.2, 0) is 42.7 Å². The second kappa shape index (κ2) is 20.3. The largest absolute Gasteiger partial charge is 0.509 e. The van der Waals surface area contributed by atoms with Crippen molar-refractivity contribution in [2.24, 2.45) is 0 Å². The number of anilines is 2. The van der Waals surface area contributed by atoms with Crippen LogP contribution < -0.4 is 14.5 Å². The van der Waals surface area contributed by atoms with Crippen LogP contribution in [0.15, 0.2) is 134 Å². The fourth-order valence-corrected chi connectivity index (χ4v) is 10.3. The summed E-state index contributed by atoms with van der Waals surface area (Å²) in [5, 5.41) is 2.27. The number of hydrogen-bond donors (Lipinski definition) is 0. The Balaban J connectivity index is 0.00000729. The maximum Gasteiger partial charge on any atom is 0.136 e. The molecule has 5 nitrogen and oxygen atoms in total. The van der Waals surface area contributed by atoms with Gasteiger partial charge in [-0.1, -0.05) is 195 Å². The Morgan fingerprint density at radius 1 is 0.554 bits per heavy atom. The molecule has 0 saturated heterocycles. The molecule has 6 aromatic carbocycles. The minimum Gasteiger partial charge on any atom is -0.509 e. The van der Waals surface area contributed by atoms with Gasteiger partial charge in [-0.15, -0.1) is 53.8 Å². The van der Waals surface area contributed by atoms with Crippen molar-refractivity contribution in [1.82, 2.24) is 9.55 Å². The first-order valence-corrected chi connectivity index (χ1v) is 26.5. The predicted molar refractivity (Wildman–Crippen MR) is 310 cm³/mol. The topological polar surface area (TPSA) is 33.5 Å². The first-order chi connectivity index (χ1) is 34.3. The summed E-state index contributed by atoms with van der Waals surface area (Å²) < 4.78 is 9.49. The van der Waals surface area contributed by atoms with Gasteiger partial charge in [0.15, 0.2) is 0 Å². The van der Waals surface area contributed by atoms with E-state index in [9.17, 15) is 0 Å². The van der Waals surface area contributed by atoms with Crippen LogP contribution in [0.4, 0.5) is 11.4 Å². The van der Waals surface area contributed by atoms with E-state index >= 15 is 0 Å². The van der Waals surface area contributed by atoms with Crippen molar-refractivity contribution in [1.29, 1.82) is 0 Å². The van der Waals surface area contributed by atoms with Crippen molar-refractivity contribution in [3.8, 4) is 28.4 Å². The normalized spacial score (nSPS) is 13.6. The molecule has 0 atom stereocenters. The van der Waals surface area contributed by atoms with E-state index in [0.717, 1.165) is 50.1 Å². The molecule has 388 valence electrons. The van der Waals surface area contributed by atoms with Gasteiger partial charge in [-0.3, -0.25) is 0 Å². The third-order valence-corrected chi connectivity index (χ3v) is 15.0. The Bertz CT molecular complexity index is 3310. The summed E-state index contributed by atoms with van der Waals surface area (Å²) in [6.07, 6.45) is 6.24. The van der Waals surface area contributed by atoms with Gasteiger partial charge >= 0.3 is 0 Å². The van der Waals surface area contributed by atoms with Gasteiger partial charge < -0.3 is 19.1 Å². The summed E-state index contributed by atoms with van der Waals surface area (Å²) in [6.45, 7) is 41.1. The maximum atomic E-state index is 7.18. The summed E-state index contributed by atoms with van der Waals surface area (Å²) in [6, 6.07) is 50.1. The molecule has 2 aromatic heterocycles. The van der Waals surface area contributed by atoms with Crippen LogP contribution in [0.25, 0.3) is 38.8 Å². The van der Waals surface area contributed by atoms with Crippen molar-refractivity contribution in [3.63, 3.8) is 0 Å². The minimum atomic E-state index is -0.425. The fraction of sp³-hybridized carbons (Fsp3) is 0.353. The Hall–Kier alpha value is -5.90. The molecule has 74 heavy (non-hydrogen) atoms. The van der Waals surface area contributed by atoms with Crippen LogP contribution in [0.2, 0.25) is 0 Å². The van der Waals surface area contributed by atoms with Gasteiger partial charge in [0.2, 0.25) is 0 Å². The number of ether oxygens (including phenoxy) is 1. The molecule has 0 fully saturated rings. The fourth-order valence-electron chi connectivity index (χ4n) is 10.3. The van der Waals surface area contributed by atoms with Crippen molar-refractivity contribution in [2.45, 2.75) is 157 Å². The molecule has 8 aromatic rings. The number of benzene rings is 6. The van der Waals surface area contributed by atoms with E-state index in [1.54, 1.807) is 0 Å². The molecule has 0 spiro atoms. The monoisotopic (exact) mass is 1160 g/mol. The summed E-state index contributed by atoms with van der Waals surface area (Å²) in [4.78, 5) is 9.57. The second-order valence-electron chi connectivity index (χ2n) is 25.0. The van der Waals surface area contributed by atoms with Crippen molar-refractivity contribution >= 4 is 33.2 Å². The molecule has 0 radical (unpaired) electrons. The molecule has 0 amide bonds. The van der Waals surface area contributed by atoms with Gasteiger partial charge in [-0.2, -0.15) is 0 Å². The molecule has 0 aliphatic carbocycles. The molecule has 3 heterocycles. The van der Waals surface area contributed by atoms with Gasteiger partial charge in [0, 0.05) is 50.0 Å². The molecule has 6 heteroatoms. The number of fused-ring (bicyclic) bond motifs is 3. The number of rotatable bonds is 11. The molecular weight excluding hydrogens is 1080 g/mol. The van der Waals surface area contributed by atoms with Gasteiger partial charge in [0.25, 0.3) is 0 Å². The van der Waals surface area contributed by atoms with E-state index in [1.165, 1.54) is 44.5 Å². The van der Waals surface area contributed by atoms with E-state index in [0.29, 0.717) is 29.3 Å². The van der Waals surface area contributed by atoms with E-state index < -0.39 is 5.41 Å². The zero-order chi connectivity index (χ0) is 52.5. The van der Waals surface area contributed by atoms with Crippen LogP contribution in [0.3, 0.4) is 0 Å².